The topological polar surface area (TPSA) is 84.5 Å². The average molecular weight is 292 g/mol. The average Bonchev–Trinajstić information content (AvgIpc) is 2.49. The van der Waals surface area contributed by atoms with E-state index >= 15 is 0 Å². The monoisotopic (exact) mass is 292 g/mol. The number of nitrogens with one attached hydrogen (secondary N) is 2. The van der Waals surface area contributed by atoms with Crippen molar-refractivity contribution in [2.75, 3.05) is 20.2 Å². The number of ether oxygens (including phenoxy) is 1. The first-order valence-corrected chi connectivity index (χ1v) is 6.71. The van der Waals surface area contributed by atoms with Crippen LogP contribution < -0.4 is 15.4 Å². The zero-order valence-corrected chi connectivity index (χ0v) is 12.3. The Morgan fingerprint density at radius 2 is 1.62 bits per heavy atom. The molecule has 2 amide bonds. The first-order valence-electron chi connectivity index (χ1n) is 6.71. The number of Topliss-reactive ketones (excluding diaryl/α,β-unsaturated/α-hetero) is 1. The fraction of sp³-hybridized carbons (Fsp3) is 0.400. The lowest BCUT2D eigenvalue weighted by Crippen LogP contribution is -2.34. The molecule has 0 atom stereocenters. The van der Waals surface area contributed by atoms with Gasteiger partial charge in [0.2, 0.25) is 5.91 Å². The zero-order chi connectivity index (χ0) is 15.7. The maximum Gasteiger partial charge on any atom is 0.251 e. The zero-order valence-electron chi connectivity index (χ0n) is 12.3. The molecular formula is C15H20N2O4. The van der Waals surface area contributed by atoms with Crippen LogP contribution in [0.2, 0.25) is 0 Å². The number of benzene rings is 1. The molecule has 0 saturated carbocycles. The molecule has 2 N–H and O–H groups in total. The van der Waals surface area contributed by atoms with Gasteiger partial charge >= 0.3 is 0 Å². The van der Waals surface area contributed by atoms with Gasteiger partial charge in [-0.15, -0.1) is 0 Å². The third kappa shape index (κ3) is 6.56. The molecule has 0 fully saturated rings. The normalized spacial score (nSPS) is 9.81. The summed E-state index contributed by atoms with van der Waals surface area (Å²) in [4.78, 5) is 33.9. The fourth-order valence-corrected chi connectivity index (χ4v) is 1.60. The highest BCUT2D eigenvalue weighted by Gasteiger charge is 2.06. The minimum atomic E-state index is -0.212. The summed E-state index contributed by atoms with van der Waals surface area (Å²) in [5, 5.41) is 5.33. The van der Waals surface area contributed by atoms with Crippen LogP contribution in [0.4, 0.5) is 0 Å². The number of carbonyl (C=O) groups is 3. The van der Waals surface area contributed by atoms with Crippen molar-refractivity contribution in [1.82, 2.24) is 10.6 Å². The summed E-state index contributed by atoms with van der Waals surface area (Å²) >= 11 is 0. The molecule has 6 heteroatoms. The van der Waals surface area contributed by atoms with E-state index in [-0.39, 0.29) is 30.4 Å². The Morgan fingerprint density at radius 1 is 1.00 bits per heavy atom. The van der Waals surface area contributed by atoms with Crippen LogP contribution in [0.15, 0.2) is 24.3 Å². The van der Waals surface area contributed by atoms with Crippen LogP contribution in [-0.2, 0) is 9.59 Å². The van der Waals surface area contributed by atoms with Gasteiger partial charge in [0.05, 0.1) is 7.11 Å². The van der Waals surface area contributed by atoms with E-state index in [1.54, 1.807) is 31.4 Å². The van der Waals surface area contributed by atoms with Crippen molar-refractivity contribution >= 4 is 17.6 Å². The lowest BCUT2D eigenvalue weighted by molar-refractivity contribution is -0.124. The van der Waals surface area contributed by atoms with Gasteiger partial charge in [-0.2, -0.15) is 0 Å². The number of carbonyl (C=O) groups excluding carboxylic acids is 3. The molecule has 0 heterocycles. The summed E-state index contributed by atoms with van der Waals surface area (Å²) in [5.74, 6) is 0.266. The molecule has 114 valence electrons. The van der Waals surface area contributed by atoms with Crippen LogP contribution in [0, 0.1) is 0 Å². The predicted molar refractivity (Wildman–Crippen MR) is 78.3 cm³/mol. The first-order chi connectivity index (χ1) is 10.0. The van der Waals surface area contributed by atoms with Crippen molar-refractivity contribution in [3.8, 4) is 5.75 Å². The van der Waals surface area contributed by atoms with Crippen LogP contribution >= 0.6 is 0 Å². The maximum atomic E-state index is 11.8. The highest BCUT2D eigenvalue weighted by atomic mass is 16.5. The van der Waals surface area contributed by atoms with E-state index in [0.717, 1.165) is 0 Å². The summed E-state index contributed by atoms with van der Waals surface area (Å²) in [5.41, 5.74) is 0.527. The molecule has 1 aromatic carbocycles. The van der Waals surface area contributed by atoms with E-state index < -0.39 is 0 Å². The van der Waals surface area contributed by atoms with E-state index in [0.29, 0.717) is 24.4 Å². The molecule has 6 nitrogen and oxygen atoms in total. The summed E-state index contributed by atoms with van der Waals surface area (Å²) in [6, 6.07) is 6.75. The molecule has 0 aromatic heterocycles. The van der Waals surface area contributed by atoms with Crippen molar-refractivity contribution in [2.45, 2.75) is 19.8 Å². The SMILES string of the molecule is COc1ccc(C(=O)NCCNC(=O)CCC(C)=O)cc1. The van der Waals surface area contributed by atoms with Gasteiger partial charge < -0.3 is 20.2 Å². The van der Waals surface area contributed by atoms with Crippen molar-refractivity contribution < 1.29 is 19.1 Å². The molecule has 0 aliphatic rings. The van der Waals surface area contributed by atoms with Gasteiger partial charge in [-0.3, -0.25) is 9.59 Å². The van der Waals surface area contributed by atoms with Crippen molar-refractivity contribution in [2.24, 2.45) is 0 Å². The number of amides is 2. The Bertz CT molecular complexity index is 497. The Kier molecular flexibility index (Phi) is 6.94. The number of hydrogen-bond acceptors (Lipinski definition) is 4. The molecule has 0 bridgehead atoms. The molecule has 0 spiro atoms. The molecule has 0 radical (unpaired) electrons. The maximum absolute atomic E-state index is 11.8. The first kappa shape index (κ1) is 16.7. The van der Waals surface area contributed by atoms with Crippen LogP contribution in [0.3, 0.4) is 0 Å². The van der Waals surface area contributed by atoms with Crippen LogP contribution in [0.25, 0.3) is 0 Å². The van der Waals surface area contributed by atoms with Gasteiger partial charge in [0, 0.05) is 31.5 Å². The van der Waals surface area contributed by atoms with Crippen LogP contribution in [0.1, 0.15) is 30.1 Å². The second kappa shape index (κ2) is 8.73. The van der Waals surface area contributed by atoms with Crippen molar-refractivity contribution in [3.63, 3.8) is 0 Å². The third-order valence-corrected chi connectivity index (χ3v) is 2.79. The number of rotatable bonds is 8. The van der Waals surface area contributed by atoms with Crippen LogP contribution in [0.5, 0.6) is 5.75 Å². The summed E-state index contributed by atoms with van der Waals surface area (Å²) in [7, 11) is 1.56. The minimum absolute atomic E-state index is 0.0158. The van der Waals surface area contributed by atoms with Gasteiger partial charge in [0.1, 0.15) is 11.5 Å². The second-order valence-electron chi connectivity index (χ2n) is 4.54. The molecule has 0 saturated heterocycles. The van der Waals surface area contributed by atoms with Gasteiger partial charge in [0.15, 0.2) is 0 Å². The molecule has 0 aliphatic carbocycles. The summed E-state index contributed by atoms with van der Waals surface area (Å²) < 4.78 is 5.01. The van der Waals surface area contributed by atoms with Crippen LogP contribution in [-0.4, -0.2) is 37.8 Å². The van der Waals surface area contributed by atoms with E-state index in [1.165, 1.54) is 6.92 Å². The standard InChI is InChI=1S/C15H20N2O4/c1-11(18)3-8-14(19)16-9-10-17-15(20)12-4-6-13(21-2)7-5-12/h4-7H,3,8-10H2,1-2H3,(H,16,19)(H,17,20). The minimum Gasteiger partial charge on any atom is -0.497 e. The number of ketones is 1. The highest BCUT2D eigenvalue weighted by Crippen LogP contribution is 2.10. The quantitative estimate of drug-likeness (QED) is 0.698. The van der Waals surface area contributed by atoms with E-state index in [4.69, 9.17) is 4.74 Å². The van der Waals surface area contributed by atoms with E-state index in [1.807, 2.05) is 0 Å². The Labute approximate surface area is 123 Å². The molecular weight excluding hydrogens is 272 g/mol. The lowest BCUT2D eigenvalue weighted by Gasteiger charge is -2.07. The molecule has 1 rings (SSSR count). The van der Waals surface area contributed by atoms with E-state index in [2.05, 4.69) is 10.6 Å². The number of hydrogen-bond donors (Lipinski definition) is 2. The summed E-state index contributed by atoms with van der Waals surface area (Å²) in [6.45, 7) is 2.11. The van der Waals surface area contributed by atoms with Crippen molar-refractivity contribution in [1.29, 1.82) is 0 Å². The highest BCUT2D eigenvalue weighted by molar-refractivity contribution is 5.94. The Morgan fingerprint density at radius 3 is 2.19 bits per heavy atom. The largest absolute Gasteiger partial charge is 0.497 e. The van der Waals surface area contributed by atoms with Gasteiger partial charge in [0.25, 0.3) is 5.91 Å². The van der Waals surface area contributed by atoms with Gasteiger partial charge in [-0.05, 0) is 31.2 Å². The Balaban J connectivity index is 2.24. The smallest absolute Gasteiger partial charge is 0.251 e. The van der Waals surface area contributed by atoms with Crippen molar-refractivity contribution in [3.05, 3.63) is 29.8 Å². The third-order valence-electron chi connectivity index (χ3n) is 2.79. The van der Waals surface area contributed by atoms with Gasteiger partial charge in [-0.25, -0.2) is 0 Å². The molecule has 0 aliphatic heterocycles. The fourth-order valence-electron chi connectivity index (χ4n) is 1.60. The lowest BCUT2D eigenvalue weighted by atomic mass is 10.2. The molecule has 1 aromatic rings. The predicted octanol–water partition coefficient (Wildman–Crippen LogP) is 0.910. The molecule has 21 heavy (non-hydrogen) atoms. The molecule has 0 unspecified atom stereocenters. The van der Waals surface area contributed by atoms with Gasteiger partial charge in [-0.1, -0.05) is 0 Å². The summed E-state index contributed by atoms with van der Waals surface area (Å²) in [6.07, 6.45) is 0.422. The van der Waals surface area contributed by atoms with E-state index in [9.17, 15) is 14.4 Å². The second-order valence-corrected chi connectivity index (χ2v) is 4.54. The number of methoxy groups -OCH3 is 1. The Hall–Kier alpha value is -2.37.